The van der Waals surface area contributed by atoms with E-state index in [2.05, 4.69) is 20.5 Å². The second kappa shape index (κ2) is 10.1. The smallest absolute Gasteiger partial charge is 0.253 e. The van der Waals surface area contributed by atoms with E-state index in [1.165, 1.54) is 0 Å². The normalized spacial score (nSPS) is 15.5. The van der Waals surface area contributed by atoms with Crippen LogP contribution < -0.4 is 5.32 Å². The van der Waals surface area contributed by atoms with Gasteiger partial charge < -0.3 is 14.6 Å². The highest BCUT2D eigenvalue weighted by molar-refractivity contribution is 5.96. The molecule has 3 heterocycles. The van der Waals surface area contributed by atoms with Crippen molar-refractivity contribution < 1.29 is 14.0 Å². The molecule has 1 aliphatic heterocycles. The lowest BCUT2D eigenvalue weighted by atomic mass is 9.96. The molecule has 8 nitrogen and oxygen atoms in total. The number of nitrogens with zero attached hydrogens (tertiary/aromatic N) is 4. The maximum atomic E-state index is 13.2. The van der Waals surface area contributed by atoms with E-state index in [1.54, 1.807) is 35.2 Å². The van der Waals surface area contributed by atoms with Gasteiger partial charge in [0.05, 0.1) is 5.92 Å². The van der Waals surface area contributed by atoms with Gasteiger partial charge in [0.2, 0.25) is 17.7 Å². The van der Waals surface area contributed by atoms with Crippen LogP contribution in [0.5, 0.6) is 0 Å². The minimum absolute atomic E-state index is 0.0984. The van der Waals surface area contributed by atoms with Crippen molar-refractivity contribution >= 4 is 17.6 Å². The third kappa shape index (κ3) is 5.17. The Morgan fingerprint density at radius 2 is 1.69 bits per heavy atom. The number of aromatic nitrogens is 3. The zero-order chi connectivity index (χ0) is 25.1. The molecule has 5 rings (SSSR count). The highest BCUT2D eigenvalue weighted by atomic mass is 16.4. The van der Waals surface area contributed by atoms with Crippen LogP contribution in [0.1, 0.15) is 34.5 Å². The standard InChI is InChI=1S/C28H27N5O3/c1-18-6-3-8-22(16-18)27-32-31-26(36-27)20-11-13-21(14-12-20)28(35)33-15-5-9-23(17-33)25(34)30-24-10-4-7-19(2)29-24/h3-4,6-8,10-14,16,23H,5,9,15,17H2,1-2H3,(H,29,30,34). The fourth-order valence-corrected chi connectivity index (χ4v) is 4.39. The Hall–Kier alpha value is -4.33. The molecule has 1 unspecified atom stereocenters. The molecule has 1 fully saturated rings. The van der Waals surface area contributed by atoms with Crippen molar-refractivity contribution in [3.05, 3.63) is 83.6 Å². The van der Waals surface area contributed by atoms with Gasteiger partial charge in [0.25, 0.3) is 5.91 Å². The van der Waals surface area contributed by atoms with Crippen LogP contribution in [0.3, 0.4) is 0 Å². The lowest BCUT2D eigenvalue weighted by Crippen LogP contribution is -2.43. The number of pyridine rings is 1. The Kier molecular flexibility index (Phi) is 6.58. The molecule has 1 saturated heterocycles. The molecule has 1 aliphatic rings. The first-order valence-electron chi connectivity index (χ1n) is 12.0. The number of hydrogen-bond acceptors (Lipinski definition) is 6. The van der Waals surface area contributed by atoms with E-state index in [9.17, 15) is 9.59 Å². The monoisotopic (exact) mass is 481 g/mol. The lowest BCUT2D eigenvalue weighted by Gasteiger charge is -2.32. The number of aryl methyl sites for hydroxylation is 2. The van der Waals surface area contributed by atoms with Crippen molar-refractivity contribution in [1.82, 2.24) is 20.1 Å². The van der Waals surface area contributed by atoms with Gasteiger partial charge in [0, 0.05) is 35.5 Å². The summed E-state index contributed by atoms with van der Waals surface area (Å²) in [4.78, 5) is 32.0. The molecular weight excluding hydrogens is 454 g/mol. The van der Waals surface area contributed by atoms with Gasteiger partial charge in [-0.05, 0) is 75.2 Å². The average molecular weight is 482 g/mol. The van der Waals surface area contributed by atoms with E-state index in [1.807, 2.05) is 50.2 Å². The molecule has 4 aromatic rings. The number of likely N-dealkylation sites (tertiary alicyclic amines) is 1. The van der Waals surface area contributed by atoms with Gasteiger partial charge in [0.15, 0.2) is 0 Å². The fraction of sp³-hybridized carbons (Fsp3) is 0.250. The van der Waals surface area contributed by atoms with Gasteiger partial charge in [-0.25, -0.2) is 4.98 Å². The van der Waals surface area contributed by atoms with Crippen molar-refractivity contribution in [1.29, 1.82) is 0 Å². The minimum Gasteiger partial charge on any atom is -0.416 e. The number of nitrogens with one attached hydrogen (secondary N) is 1. The van der Waals surface area contributed by atoms with Gasteiger partial charge >= 0.3 is 0 Å². The number of carbonyl (C=O) groups excluding carboxylic acids is 2. The van der Waals surface area contributed by atoms with Crippen LogP contribution in [0.4, 0.5) is 5.82 Å². The molecule has 2 amide bonds. The van der Waals surface area contributed by atoms with Crippen LogP contribution in [0, 0.1) is 19.8 Å². The molecular formula is C28H27N5O3. The van der Waals surface area contributed by atoms with Crippen molar-refractivity contribution in [2.24, 2.45) is 5.92 Å². The highest BCUT2D eigenvalue weighted by Crippen LogP contribution is 2.26. The molecule has 0 spiro atoms. The van der Waals surface area contributed by atoms with E-state index in [0.717, 1.165) is 35.2 Å². The van der Waals surface area contributed by atoms with Crippen LogP contribution in [0.15, 0.2) is 71.1 Å². The Balaban J connectivity index is 1.24. The summed E-state index contributed by atoms with van der Waals surface area (Å²) in [6, 6.07) is 20.5. The molecule has 0 radical (unpaired) electrons. The van der Waals surface area contributed by atoms with Crippen LogP contribution in [0.2, 0.25) is 0 Å². The SMILES string of the molecule is Cc1cccc(-c2nnc(-c3ccc(C(=O)N4CCCC(C(=O)Nc5cccc(C)n5)C4)cc3)o2)c1. The summed E-state index contributed by atoms with van der Waals surface area (Å²) in [6.07, 6.45) is 1.51. The second-order valence-electron chi connectivity index (χ2n) is 9.10. The highest BCUT2D eigenvalue weighted by Gasteiger charge is 2.29. The van der Waals surface area contributed by atoms with Crippen molar-refractivity contribution in [2.45, 2.75) is 26.7 Å². The first-order chi connectivity index (χ1) is 17.5. The number of hydrogen-bond donors (Lipinski definition) is 1. The molecule has 2 aromatic heterocycles. The molecule has 1 N–H and O–H groups in total. The van der Waals surface area contributed by atoms with Crippen molar-refractivity contribution in [3.8, 4) is 22.9 Å². The predicted molar refractivity (Wildman–Crippen MR) is 136 cm³/mol. The largest absolute Gasteiger partial charge is 0.416 e. The van der Waals surface area contributed by atoms with Crippen LogP contribution >= 0.6 is 0 Å². The zero-order valence-electron chi connectivity index (χ0n) is 20.3. The average Bonchev–Trinajstić information content (AvgIpc) is 3.39. The summed E-state index contributed by atoms with van der Waals surface area (Å²) in [5.74, 6) is 0.895. The molecule has 36 heavy (non-hydrogen) atoms. The van der Waals surface area contributed by atoms with Crippen LogP contribution in [0.25, 0.3) is 22.9 Å². The number of carbonyl (C=O) groups is 2. The number of amides is 2. The van der Waals surface area contributed by atoms with Crippen LogP contribution in [-0.4, -0.2) is 45.0 Å². The van der Waals surface area contributed by atoms with Crippen molar-refractivity contribution in [2.75, 3.05) is 18.4 Å². The third-order valence-corrected chi connectivity index (χ3v) is 6.29. The number of rotatable bonds is 5. The zero-order valence-corrected chi connectivity index (χ0v) is 20.3. The van der Waals surface area contributed by atoms with E-state index in [4.69, 9.17) is 4.42 Å². The number of anilines is 1. The molecule has 0 aliphatic carbocycles. The number of benzene rings is 2. The lowest BCUT2D eigenvalue weighted by molar-refractivity contribution is -0.121. The quantitative estimate of drug-likeness (QED) is 0.435. The molecule has 8 heteroatoms. The van der Waals surface area contributed by atoms with E-state index in [-0.39, 0.29) is 17.7 Å². The first kappa shape index (κ1) is 23.4. The fourth-order valence-electron chi connectivity index (χ4n) is 4.39. The van der Waals surface area contributed by atoms with Crippen LogP contribution in [-0.2, 0) is 4.79 Å². The maximum Gasteiger partial charge on any atom is 0.253 e. The molecule has 0 bridgehead atoms. The van der Waals surface area contributed by atoms with Gasteiger partial charge in [-0.15, -0.1) is 10.2 Å². The molecule has 0 saturated carbocycles. The summed E-state index contributed by atoms with van der Waals surface area (Å²) in [7, 11) is 0. The first-order valence-corrected chi connectivity index (χ1v) is 12.0. The summed E-state index contributed by atoms with van der Waals surface area (Å²) in [6.45, 7) is 4.89. The Morgan fingerprint density at radius 1 is 0.944 bits per heavy atom. The van der Waals surface area contributed by atoms with Gasteiger partial charge in [-0.2, -0.15) is 0 Å². The van der Waals surface area contributed by atoms with E-state index in [0.29, 0.717) is 36.3 Å². The Bertz CT molecular complexity index is 1400. The summed E-state index contributed by atoms with van der Waals surface area (Å²) < 4.78 is 5.86. The second-order valence-corrected chi connectivity index (χ2v) is 9.10. The summed E-state index contributed by atoms with van der Waals surface area (Å²) in [5, 5.41) is 11.2. The topological polar surface area (TPSA) is 101 Å². The Morgan fingerprint density at radius 3 is 2.44 bits per heavy atom. The Labute approximate surface area is 209 Å². The van der Waals surface area contributed by atoms with Crippen molar-refractivity contribution in [3.63, 3.8) is 0 Å². The van der Waals surface area contributed by atoms with Gasteiger partial charge in [-0.1, -0.05) is 23.8 Å². The summed E-state index contributed by atoms with van der Waals surface area (Å²) in [5.41, 5.74) is 4.10. The minimum atomic E-state index is -0.275. The third-order valence-electron chi connectivity index (χ3n) is 6.29. The predicted octanol–water partition coefficient (Wildman–Crippen LogP) is 4.91. The molecule has 2 aromatic carbocycles. The van der Waals surface area contributed by atoms with Gasteiger partial charge in [0.1, 0.15) is 5.82 Å². The molecule has 182 valence electrons. The van der Waals surface area contributed by atoms with Gasteiger partial charge in [-0.3, -0.25) is 9.59 Å². The van der Waals surface area contributed by atoms with E-state index < -0.39 is 0 Å². The van der Waals surface area contributed by atoms with E-state index >= 15 is 0 Å². The molecule has 1 atom stereocenters. The summed E-state index contributed by atoms with van der Waals surface area (Å²) >= 11 is 0. The maximum absolute atomic E-state index is 13.2. The number of piperidine rings is 1.